The number of carbonyl (C=O) groups excluding carboxylic acids is 1. The molecule has 4 aromatic rings. The largest absolute Gasteiger partial charge is 0.480 e. The van der Waals surface area contributed by atoms with Gasteiger partial charge in [0.1, 0.15) is 10.6 Å². The van der Waals surface area contributed by atoms with E-state index >= 15 is 0 Å². The van der Waals surface area contributed by atoms with Crippen molar-refractivity contribution in [3.63, 3.8) is 0 Å². The van der Waals surface area contributed by atoms with Crippen LogP contribution in [-0.4, -0.2) is 39.2 Å². The van der Waals surface area contributed by atoms with Gasteiger partial charge in [-0.2, -0.15) is 4.98 Å². The molecule has 0 spiro atoms. The number of hydrogen-bond donors (Lipinski definition) is 0. The number of fused-ring (bicyclic) bond motifs is 1. The number of amides is 1. The van der Waals surface area contributed by atoms with Gasteiger partial charge in [0.2, 0.25) is 5.88 Å². The van der Waals surface area contributed by atoms with Crippen LogP contribution in [0.4, 0.5) is 5.69 Å². The first-order chi connectivity index (χ1) is 18.5. The van der Waals surface area contributed by atoms with E-state index in [2.05, 4.69) is 14.5 Å². The highest BCUT2D eigenvalue weighted by Crippen LogP contribution is 2.50. The maximum absolute atomic E-state index is 14.3. The summed E-state index contributed by atoms with van der Waals surface area (Å²) in [5.74, 6) is 0.0773. The van der Waals surface area contributed by atoms with Gasteiger partial charge in [-0.15, -0.1) is 0 Å². The Hall–Kier alpha value is -3.82. The third-order valence-electron chi connectivity index (χ3n) is 7.07. The van der Waals surface area contributed by atoms with Crippen LogP contribution in [0.5, 0.6) is 11.9 Å². The number of anilines is 1. The molecule has 1 aliphatic rings. The fourth-order valence-electron chi connectivity index (χ4n) is 5.33. The lowest BCUT2D eigenvalue weighted by Gasteiger charge is -2.38. The molecule has 202 valence electrons. The van der Waals surface area contributed by atoms with Crippen LogP contribution in [0.15, 0.2) is 53.6 Å². The molecule has 4 heterocycles. The molecule has 0 bridgehead atoms. The number of pyridine rings is 1. The summed E-state index contributed by atoms with van der Waals surface area (Å²) in [5.41, 5.74) is 2.57. The fourth-order valence-corrected chi connectivity index (χ4v) is 5.70. The smallest absolute Gasteiger partial charge is 0.319 e. The van der Waals surface area contributed by atoms with Crippen molar-refractivity contribution in [1.82, 2.24) is 19.1 Å². The van der Waals surface area contributed by atoms with Crippen molar-refractivity contribution in [2.45, 2.75) is 32.4 Å². The van der Waals surface area contributed by atoms with E-state index in [4.69, 9.17) is 32.7 Å². The SMILES string of the molecule is COc1ncc(-c2cc3c(n2C(C)C)[C@@](C)(c2ccc(Cl)cc2)N(c2cc(Cl)c(=O)n(C)c2)C3=O)c(OC)n1. The van der Waals surface area contributed by atoms with Crippen LogP contribution >= 0.6 is 23.2 Å². The number of ether oxygens (including phenoxy) is 2. The Labute approximate surface area is 235 Å². The standard InChI is InChI=1S/C28H27Cl2N5O4/c1-15(2)34-22(20-13-31-27(39-6)32-24(20)38-5)12-19-23(34)28(3,16-7-9-17(29)10-8-16)35(25(19)36)18-11-21(30)26(37)33(4)14-18/h7-15H,1-6H3/t28-/m1/s1. The minimum atomic E-state index is -0.999. The van der Waals surface area contributed by atoms with Gasteiger partial charge in [0.25, 0.3) is 11.5 Å². The van der Waals surface area contributed by atoms with E-state index in [1.54, 1.807) is 36.5 Å². The van der Waals surface area contributed by atoms with Crippen LogP contribution in [0, 0.1) is 0 Å². The van der Waals surface area contributed by atoms with Crippen LogP contribution in [0.3, 0.4) is 0 Å². The predicted molar refractivity (Wildman–Crippen MR) is 150 cm³/mol. The molecule has 11 heteroatoms. The van der Waals surface area contributed by atoms with Gasteiger partial charge in [0, 0.05) is 30.5 Å². The second-order valence-corrected chi connectivity index (χ2v) is 10.6. The minimum absolute atomic E-state index is 0.0189. The van der Waals surface area contributed by atoms with Gasteiger partial charge < -0.3 is 18.6 Å². The first kappa shape index (κ1) is 26.8. The van der Waals surface area contributed by atoms with Crippen LogP contribution in [0.25, 0.3) is 11.3 Å². The van der Waals surface area contributed by atoms with Gasteiger partial charge in [-0.25, -0.2) is 4.98 Å². The Balaban J connectivity index is 1.84. The molecular formula is C28H27Cl2N5O4. The normalized spacial score (nSPS) is 16.6. The highest BCUT2D eigenvalue weighted by Gasteiger charge is 2.52. The second-order valence-electron chi connectivity index (χ2n) is 9.72. The monoisotopic (exact) mass is 567 g/mol. The maximum Gasteiger partial charge on any atom is 0.319 e. The number of halogens is 2. The molecule has 0 radical (unpaired) electrons. The number of aryl methyl sites for hydroxylation is 1. The van der Waals surface area contributed by atoms with Gasteiger partial charge in [0.05, 0.1) is 42.4 Å². The molecule has 1 aliphatic heterocycles. The lowest BCUT2D eigenvalue weighted by atomic mass is 9.87. The van der Waals surface area contributed by atoms with Gasteiger partial charge in [-0.1, -0.05) is 35.3 Å². The molecule has 0 saturated heterocycles. The van der Waals surface area contributed by atoms with Crippen molar-refractivity contribution in [3.8, 4) is 23.1 Å². The number of hydrogen-bond acceptors (Lipinski definition) is 6. The summed E-state index contributed by atoms with van der Waals surface area (Å²) >= 11 is 12.6. The fraction of sp³-hybridized carbons (Fsp3) is 0.286. The van der Waals surface area contributed by atoms with Crippen LogP contribution in [0.1, 0.15) is 48.4 Å². The Morgan fingerprint density at radius 2 is 1.69 bits per heavy atom. The molecule has 39 heavy (non-hydrogen) atoms. The zero-order valence-electron chi connectivity index (χ0n) is 22.3. The molecule has 0 saturated carbocycles. The summed E-state index contributed by atoms with van der Waals surface area (Å²) in [6.45, 7) is 6.06. The highest BCUT2D eigenvalue weighted by atomic mass is 35.5. The van der Waals surface area contributed by atoms with Crippen molar-refractivity contribution >= 4 is 34.8 Å². The number of carbonyl (C=O) groups is 1. The van der Waals surface area contributed by atoms with Crippen molar-refractivity contribution in [2.24, 2.45) is 7.05 Å². The summed E-state index contributed by atoms with van der Waals surface area (Å²) in [6, 6.07) is 10.8. The Bertz CT molecular complexity index is 1640. The van der Waals surface area contributed by atoms with Crippen LogP contribution in [-0.2, 0) is 12.6 Å². The lowest BCUT2D eigenvalue weighted by molar-refractivity contribution is 0.0984. The van der Waals surface area contributed by atoms with Gasteiger partial charge in [-0.05, 0) is 50.6 Å². The summed E-state index contributed by atoms with van der Waals surface area (Å²) in [4.78, 5) is 37.0. The summed E-state index contributed by atoms with van der Waals surface area (Å²) in [5, 5.41) is 0.592. The predicted octanol–water partition coefficient (Wildman–Crippen LogP) is 5.47. The van der Waals surface area contributed by atoms with E-state index in [1.165, 1.54) is 24.9 Å². The third kappa shape index (κ3) is 4.08. The molecule has 5 rings (SSSR count). The Kier molecular flexibility index (Phi) is 6.68. The molecule has 1 amide bonds. The van der Waals surface area contributed by atoms with Crippen molar-refractivity contribution in [1.29, 1.82) is 0 Å². The van der Waals surface area contributed by atoms with E-state index < -0.39 is 5.54 Å². The van der Waals surface area contributed by atoms with Crippen molar-refractivity contribution < 1.29 is 14.3 Å². The summed E-state index contributed by atoms with van der Waals surface area (Å²) in [7, 11) is 4.61. The van der Waals surface area contributed by atoms with E-state index in [1.807, 2.05) is 39.0 Å². The number of methoxy groups -OCH3 is 2. The maximum atomic E-state index is 14.3. The zero-order valence-corrected chi connectivity index (χ0v) is 23.8. The minimum Gasteiger partial charge on any atom is -0.480 e. The van der Waals surface area contributed by atoms with E-state index in [9.17, 15) is 9.59 Å². The molecular weight excluding hydrogens is 541 g/mol. The summed E-state index contributed by atoms with van der Waals surface area (Å²) in [6.07, 6.45) is 3.25. The zero-order chi connectivity index (χ0) is 28.2. The summed E-state index contributed by atoms with van der Waals surface area (Å²) < 4.78 is 14.2. The number of rotatable bonds is 6. The first-order valence-electron chi connectivity index (χ1n) is 12.2. The number of aromatic nitrogens is 4. The average molecular weight is 568 g/mol. The quantitative estimate of drug-likeness (QED) is 0.306. The molecule has 3 aromatic heterocycles. The van der Waals surface area contributed by atoms with E-state index in [0.29, 0.717) is 27.7 Å². The molecule has 0 aliphatic carbocycles. The second kappa shape index (κ2) is 9.73. The van der Waals surface area contributed by atoms with Crippen molar-refractivity contribution in [2.75, 3.05) is 19.1 Å². The van der Waals surface area contributed by atoms with Crippen LogP contribution in [0.2, 0.25) is 10.0 Å². The highest BCUT2D eigenvalue weighted by molar-refractivity contribution is 6.31. The molecule has 0 fully saturated rings. The van der Waals surface area contributed by atoms with Gasteiger partial charge in [-0.3, -0.25) is 14.5 Å². The van der Waals surface area contributed by atoms with E-state index in [-0.39, 0.29) is 28.5 Å². The topological polar surface area (TPSA) is 91.5 Å². The number of nitrogens with zero attached hydrogens (tertiary/aromatic N) is 5. The average Bonchev–Trinajstić information content (AvgIpc) is 3.41. The third-order valence-corrected chi connectivity index (χ3v) is 7.59. The van der Waals surface area contributed by atoms with Crippen molar-refractivity contribution in [3.05, 3.63) is 86.0 Å². The lowest BCUT2D eigenvalue weighted by Crippen LogP contribution is -2.44. The molecule has 1 aromatic carbocycles. The Morgan fingerprint density at radius 3 is 2.28 bits per heavy atom. The van der Waals surface area contributed by atoms with Gasteiger partial charge >= 0.3 is 6.01 Å². The molecule has 9 nitrogen and oxygen atoms in total. The molecule has 0 unspecified atom stereocenters. The van der Waals surface area contributed by atoms with E-state index in [0.717, 1.165) is 17.0 Å². The van der Waals surface area contributed by atoms with Crippen LogP contribution < -0.4 is 19.9 Å². The first-order valence-corrected chi connectivity index (χ1v) is 13.0. The number of benzene rings is 1. The van der Waals surface area contributed by atoms with Gasteiger partial charge in [0.15, 0.2) is 0 Å². The molecule has 1 atom stereocenters. The molecule has 0 N–H and O–H groups in total. The Morgan fingerprint density at radius 1 is 1.00 bits per heavy atom.